The summed E-state index contributed by atoms with van der Waals surface area (Å²) < 4.78 is 6.00. The lowest BCUT2D eigenvalue weighted by Crippen LogP contribution is -1.85. The molecule has 0 fully saturated rings. The van der Waals surface area contributed by atoms with Crippen LogP contribution >= 0.6 is 15.9 Å². The average Bonchev–Trinajstić information content (AvgIpc) is 2.61. The zero-order chi connectivity index (χ0) is 10.8. The topological polar surface area (TPSA) is 63.0 Å². The van der Waals surface area contributed by atoms with E-state index in [2.05, 4.69) is 15.9 Å². The normalized spacial score (nSPS) is 9.87. The number of nitrogen functional groups attached to an aromatic ring is 1. The van der Waals surface area contributed by atoms with Crippen LogP contribution in [0.15, 0.2) is 39.4 Å². The third-order valence-corrected chi connectivity index (χ3v) is 2.62. The summed E-state index contributed by atoms with van der Waals surface area (Å²) in [5.74, 6) is 0.162. The number of rotatable bonds is 1. The van der Waals surface area contributed by atoms with Gasteiger partial charge in [-0.25, -0.2) is 0 Å². The standard InChI is InChI=1S/C11H7BrN2O/c12-8-3-1-7(2-4-8)10-6-15-11(14)9(10)5-13/h1-4,6H,14H2. The monoisotopic (exact) mass is 262 g/mol. The van der Waals surface area contributed by atoms with Gasteiger partial charge in [-0.05, 0) is 17.7 Å². The number of furan rings is 1. The van der Waals surface area contributed by atoms with Crippen LogP contribution in [0.4, 0.5) is 5.88 Å². The molecule has 74 valence electrons. The second-order valence-electron chi connectivity index (χ2n) is 3.01. The Morgan fingerprint density at radius 3 is 2.53 bits per heavy atom. The molecule has 0 amide bonds. The van der Waals surface area contributed by atoms with Crippen molar-refractivity contribution in [1.82, 2.24) is 0 Å². The van der Waals surface area contributed by atoms with Gasteiger partial charge < -0.3 is 10.2 Å². The molecule has 0 radical (unpaired) electrons. The first-order chi connectivity index (χ1) is 7.22. The first-order valence-corrected chi connectivity index (χ1v) is 5.04. The molecule has 2 rings (SSSR count). The molecule has 0 atom stereocenters. The van der Waals surface area contributed by atoms with Gasteiger partial charge in [0.05, 0.1) is 0 Å². The molecule has 15 heavy (non-hydrogen) atoms. The number of halogens is 1. The van der Waals surface area contributed by atoms with E-state index in [-0.39, 0.29) is 5.88 Å². The predicted molar refractivity (Wildman–Crippen MR) is 61.0 cm³/mol. The molecule has 2 aromatic rings. The Labute approximate surface area is 95.2 Å². The van der Waals surface area contributed by atoms with Crippen LogP contribution in [-0.4, -0.2) is 0 Å². The highest BCUT2D eigenvalue weighted by molar-refractivity contribution is 9.10. The zero-order valence-corrected chi connectivity index (χ0v) is 9.28. The molecule has 1 aromatic heterocycles. The molecule has 2 N–H and O–H groups in total. The number of nitrogens with two attached hydrogens (primary N) is 1. The van der Waals surface area contributed by atoms with Gasteiger partial charge in [-0.15, -0.1) is 0 Å². The Morgan fingerprint density at radius 1 is 1.27 bits per heavy atom. The van der Waals surface area contributed by atoms with E-state index in [1.54, 1.807) is 0 Å². The van der Waals surface area contributed by atoms with E-state index in [9.17, 15) is 0 Å². The maximum absolute atomic E-state index is 8.90. The van der Waals surface area contributed by atoms with Crippen molar-refractivity contribution in [3.05, 3.63) is 40.6 Å². The summed E-state index contributed by atoms with van der Waals surface area (Å²) in [5, 5.41) is 8.90. The largest absolute Gasteiger partial charge is 0.447 e. The zero-order valence-electron chi connectivity index (χ0n) is 7.70. The van der Waals surface area contributed by atoms with E-state index < -0.39 is 0 Å². The molecule has 0 unspecified atom stereocenters. The summed E-state index contributed by atoms with van der Waals surface area (Å²) in [7, 11) is 0. The lowest BCUT2D eigenvalue weighted by Gasteiger charge is -1.97. The maximum atomic E-state index is 8.90. The SMILES string of the molecule is N#Cc1c(-c2ccc(Br)cc2)coc1N. The Hall–Kier alpha value is -1.73. The molecule has 0 aliphatic heterocycles. The highest BCUT2D eigenvalue weighted by Gasteiger charge is 2.11. The molecule has 0 bridgehead atoms. The van der Waals surface area contributed by atoms with Crippen molar-refractivity contribution < 1.29 is 4.42 Å². The second-order valence-corrected chi connectivity index (χ2v) is 3.92. The fourth-order valence-corrected chi connectivity index (χ4v) is 1.59. The minimum Gasteiger partial charge on any atom is -0.447 e. The number of hydrogen-bond donors (Lipinski definition) is 1. The fraction of sp³-hybridized carbons (Fsp3) is 0. The lowest BCUT2D eigenvalue weighted by molar-refractivity contribution is 0.588. The van der Waals surface area contributed by atoms with Gasteiger partial charge in [0.1, 0.15) is 17.9 Å². The quantitative estimate of drug-likeness (QED) is 0.859. The number of benzene rings is 1. The molecule has 4 heteroatoms. The maximum Gasteiger partial charge on any atom is 0.208 e. The molecule has 0 saturated carbocycles. The van der Waals surface area contributed by atoms with Crippen LogP contribution in [0.2, 0.25) is 0 Å². The van der Waals surface area contributed by atoms with Gasteiger partial charge in [-0.3, -0.25) is 0 Å². The lowest BCUT2D eigenvalue weighted by atomic mass is 10.1. The van der Waals surface area contributed by atoms with E-state index in [4.69, 9.17) is 15.4 Å². The minimum atomic E-state index is 0.162. The third kappa shape index (κ3) is 1.74. The Balaban J connectivity index is 2.55. The van der Waals surface area contributed by atoms with Gasteiger partial charge in [0, 0.05) is 10.0 Å². The van der Waals surface area contributed by atoms with Crippen molar-refractivity contribution in [3.63, 3.8) is 0 Å². The smallest absolute Gasteiger partial charge is 0.208 e. The summed E-state index contributed by atoms with van der Waals surface area (Å²) in [6.07, 6.45) is 1.50. The molecule has 0 aliphatic carbocycles. The summed E-state index contributed by atoms with van der Waals surface area (Å²) in [4.78, 5) is 0. The van der Waals surface area contributed by atoms with Crippen LogP contribution in [0.3, 0.4) is 0 Å². The number of nitrogens with zero attached hydrogens (tertiary/aromatic N) is 1. The van der Waals surface area contributed by atoms with Gasteiger partial charge in [0.25, 0.3) is 0 Å². The van der Waals surface area contributed by atoms with Crippen LogP contribution in [0, 0.1) is 11.3 Å². The first-order valence-electron chi connectivity index (χ1n) is 4.25. The third-order valence-electron chi connectivity index (χ3n) is 2.09. The minimum absolute atomic E-state index is 0.162. The molecule has 0 saturated heterocycles. The molecule has 3 nitrogen and oxygen atoms in total. The molecule has 1 aromatic carbocycles. The van der Waals surface area contributed by atoms with Crippen molar-refractivity contribution in [2.75, 3.05) is 5.73 Å². The van der Waals surface area contributed by atoms with Gasteiger partial charge in [-0.1, -0.05) is 28.1 Å². The van der Waals surface area contributed by atoms with Crippen LogP contribution in [-0.2, 0) is 0 Å². The molecular weight excluding hydrogens is 256 g/mol. The van der Waals surface area contributed by atoms with Crippen molar-refractivity contribution >= 4 is 21.8 Å². The van der Waals surface area contributed by atoms with E-state index in [1.807, 2.05) is 30.3 Å². The average molecular weight is 263 g/mol. The summed E-state index contributed by atoms with van der Waals surface area (Å²) in [6.45, 7) is 0. The van der Waals surface area contributed by atoms with E-state index in [0.717, 1.165) is 15.6 Å². The highest BCUT2D eigenvalue weighted by atomic mass is 79.9. The van der Waals surface area contributed by atoms with E-state index in [0.29, 0.717) is 5.56 Å². The molecule has 0 spiro atoms. The van der Waals surface area contributed by atoms with E-state index >= 15 is 0 Å². The van der Waals surface area contributed by atoms with Crippen LogP contribution in [0.25, 0.3) is 11.1 Å². The fourth-order valence-electron chi connectivity index (χ4n) is 1.33. The predicted octanol–water partition coefficient (Wildman–Crippen LogP) is 3.16. The van der Waals surface area contributed by atoms with Crippen molar-refractivity contribution in [2.45, 2.75) is 0 Å². The summed E-state index contributed by atoms with van der Waals surface area (Å²) in [6, 6.07) is 9.63. The molecule has 1 heterocycles. The van der Waals surface area contributed by atoms with E-state index in [1.165, 1.54) is 6.26 Å². The summed E-state index contributed by atoms with van der Waals surface area (Å²) in [5.41, 5.74) is 7.54. The second kappa shape index (κ2) is 3.79. The first kappa shape index (κ1) is 9.81. The molecular formula is C11H7BrN2O. The number of nitriles is 1. The molecule has 0 aliphatic rings. The van der Waals surface area contributed by atoms with Crippen molar-refractivity contribution in [3.8, 4) is 17.2 Å². The van der Waals surface area contributed by atoms with Crippen LogP contribution < -0.4 is 5.73 Å². The highest BCUT2D eigenvalue weighted by Crippen LogP contribution is 2.29. The Bertz CT molecular complexity index is 523. The Morgan fingerprint density at radius 2 is 1.93 bits per heavy atom. The van der Waals surface area contributed by atoms with Crippen molar-refractivity contribution in [2.24, 2.45) is 0 Å². The number of anilines is 1. The number of hydrogen-bond acceptors (Lipinski definition) is 3. The summed E-state index contributed by atoms with van der Waals surface area (Å²) >= 11 is 3.35. The van der Waals surface area contributed by atoms with Crippen LogP contribution in [0.1, 0.15) is 5.56 Å². The Kier molecular flexibility index (Phi) is 2.48. The van der Waals surface area contributed by atoms with Crippen molar-refractivity contribution in [1.29, 1.82) is 5.26 Å². The van der Waals surface area contributed by atoms with Gasteiger partial charge in [0.2, 0.25) is 5.88 Å². The van der Waals surface area contributed by atoms with Gasteiger partial charge in [-0.2, -0.15) is 5.26 Å². The van der Waals surface area contributed by atoms with Gasteiger partial charge >= 0.3 is 0 Å². The van der Waals surface area contributed by atoms with Gasteiger partial charge in [0.15, 0.2) is 0 Å². The van der Waals surface area contributed by atoms with Crippen LogP contribution in [0.5, 0.6) is 0 Å².